The van der Waals surface area contributed by atoms with Gasteiger partial charge in [0.2, 0.25) is 17.7 Å². The number of aliphatic carboxylic acids is 1. The lowest BCUT2D eigenvalue weighted by atomic mass is 9.98. The predicted octanol–water partition coefficient (Wildman–Crippen LogP) is -0.970. The Balaban J connectivity index is 3.18. The van der Waals surface area contributed by atoms with Crippen LogP contribution in [0.15, 0.2) is 29.3 Å². The lowest BCUT2D eigenvalue weighted by Crippen LogP contribution is -2.58. The van der Waals surface area contributed by atoms with Gasteiger partial charge in [-0.3, -0.25) is 19.4 Å². The van der Waals surface area contributed by atoms with Crippen molar-refractivity contribution >= 4 is 29.7 Å². The molecular weight excluding hydrogens is 532 g/mol. The number of rotatable bonds is 19. The minimum atomic E-state index is -1.21. The van der Waals surface area contributed by atoms with Gasteiger partial charge in [0.1, 0.15) is 23.9 Å². The zero-order valence-electron chi connectivity index (χ0n) is 23.8. The standard InChI is InChI=1S/C27H46N8O6/c1-3-16(2)22(29)25(39)35-21(15-17-9-11-18(36)12-10-17)24(38)33-19(8-6-14-32-27(30)31)23(37)34-20(26(40)41)7-4-5-13-28/h9-12,16,19-22,36H,3-8,13-15,28-29H2,1-2H3,(H,33,38)(H,34,37)(H,35,39)(H,40,41)(H4,30,31,32). The maximum Gasteiger partial charge on any atom is 0.326 e. The van der Waals surface area contributed by atoms with Crippen molar-refractivity contribution in [3.05, 3.63) is 29.8 Å². The smallest absolute Gasteiger partial charge is 0.326 e. The molecule has 14 heteroatoms. The van der Waals surface area contributed by atoms with E-state index in [1.807, 2.05) is 13.8 Å². The summed E-state index contributed by atoms with van der Waals surface area (Å²) < 4.78 is 0. The number of hydrogen-bond donors (Lipinski definition) is 9. The van der Waals surface area contributed by atoms with E-state index in [4.69, 9.17) is 22.9 Å². The first kappa shape index (κ1) is 35.1. The fourth-order valence-corrected chi connectivity index (χ4v) is 3.92. The number of carbonyl (C=O) groups is 4. The Labute approximate surface area is 240 Å². The van der Waals surface area contributed by atoms with Crippen molar-refractivity contribution in [2.24, 2.45) is 33.8 Å². The largest absolute Gasteiger partial charge is 0.508 e. The van der Waals surface area contributed by atoms with Crippen LogP contribution in [0.25, 0.3) is 0 Å². The first-order chi connectivity index (χ1) is 19.4. The average Bonchev–Trinajstić information content (AvgIpc) is 2.93. The van der Waals surface area contributed by atoms with E-state index in [-0.39, 0.29) is 43.4 Å². The van der Waals surface area contributed by atoms with Crippen LogP contribution in [-0.4, -0.2) is 77.1 Å². The Morgan fingerprint density at radius 1 is 0.878 bits per heavy atom. The van der Waals surface area contributed by atoms with Gasteiger partial charge >= 0.3 is 5.97 Å². The monoisotopic (exact) mass is 578 g/mol. The zero-order chi connectivity index (χ0) is 30.9. The second kappa shape index (κ2) is 18.4. The second-order valence-electron chi connectivity index (χ2n) is 10.0. The van der Waals surface area contributed by atoms with Crippen molar-refractivity contribution in [3.8, 4) is 5.75 Å². The summed E-state index contributed by atoms with van der Waals surface area (Å²) in [6.07, 6.45) is 2.34. The molecule has 0 bridgehead atoms. The van der Waals surface area contributed by atoms with E-state index >= 15 is 0 Å². The number of carbonyl (C=O) groups excluding carboxylic acids is 3. The number of nitrogens with two attached hydrogens (primary N) is 4. The van der Waals surface area contributed by atoms with Crippen molar-refractivity contribution in [2.75, 3.05) is 13.1 Å². The minimum absolute atomic E-state index is 0.0366. The molecule has 5 atom stereocenters. The van der Waals surface area contributed by atoms with E-state index in [1.165, 1.54) is 12.1 Å². The fraction of sp³-hybridized carbons (Fsp3) is 0.593. The van der Waals surface area contributed by atoms with E-state index in [2.05, 4.69) is 20.9 Å². The Bertz CT molecular complexity index is 1020. The summed E-state index contributed by atoms with van der Waals surface area (Å²) >= 11 is 0. The molecule has 0 aliphatic heterocycles. The highest BCUT2D eigenvalue weighted by Gasteiger charge is 2.31. The van der Waals surface area contributed by atoms with Crippen LogP contribution < -0.4 is 38.9 Å². The number of aromatic hydroxyl groups is 1. The number of guanidine groups is 1. The zero-order valence-corrected chi connectivity index (χ0v) is 23.8. The molecule has 41 heavy (non-hydrogen) atoms. The summed E-state index contributed by atoms with van der Waals surface area (Å²) in [6.45, 7) is 4.28. The fourth-order valence-electron chi connectivity index (χ4n) is 3.92. The van der Waals surface area contributed by atoms with Crippen LogP contribution in [0.2, 0.25) is 0 Å². The van der Waals surface area contributed by atoms with Crippen LogP contribution in [0.4, 0.5) is 0 Å². The van der Waals surface area contributed by atoms with Gasteiger partial charge < -0.3 is 49.1 Å². The van der Waals surface area contributed by atoms with Crippen molar-refractivity contribution in [1.29, 1.82) is 0 Å². The summed E-state index contributed by atoms with van der Waals surface area (Å²) in [5.74, 6) is -3.34. The van der Waals surface area contributed by atoms with E-state index in [9.17, 15) is 29.4 Å². The second-order valence-corrected chi connectivity index (χ2v) is 10.0. The number of amides is 3. The number of benzene rings is 1. The van der Waals surface area contributed by atoms with Gasteiger partial charge in [0.25, 0.3) is 0 Å². The molecule has 0 radical (unpaired) electrons. The van der Waals surface area contributed by atoms with Crippen molar-refractivity contribution in [1.82, 2.24) is 16.0 Å². The number of phenolic OH excluding ortho intramolecular Hbond substituents is 1. The number of nitrogens with zero attached hydrogens (tertiary/aromatic N) is 1. The van der Waals surface area contributed by atoms with Gasteiger partial charge in [-0.1, -0.05) is 32.4 Å². The number of unbranched alkanes of at least 4 members (excludes halogenated alkanes) is 1. The Morgan fingerprint density at radius 2 is 1.44 bits per heavy atom. The number of carboxylic acid groups (broad SMARTS) is 1. The lowest BCUT2D eigenvalue weighted by molar-refractivity contribution is -0.142. The molecule has 5 unspecified atom stereocenters. The first-order valence-electron chi connectivity index (χ1n) is 13.8. The molecule has 1 aromatic carbocycles. The summed E-state index contributed by atoms with van der Waals surface area (Å²) in [4.78, 5) is 55.2. The lowest BCUT2D eigenvalue weighted by Gasteiger charge is -2.26. The van der Waals surface area contributed by atoms with Gasteiger partial charge in [0.05, 0.1) is 6.04 Å². The van der Waals surface area contributed by atoms with Crippen molar-refractivity contribution < 1.29 is 29.4 Å². The maximum atomic E-state index is 13.5. The van der Waals surface area contributed by atoms with E-state index in [0.717, 1.165) is 0 Å². The molecule has 0 heterocycles. The van der Waals surface area contributed by atoms with Crippen LogP contribution in [-0.2, 0) is 25.6 Å². The normalized spacial score (nSPS) is 14.5. The molecule has 14 nitrogen and oxygen atoms in total. The highest BCUT2D eigenvalue weighted by molar-refractivity contribution is 5.94. The van der Waals surface area contributed by atoms with Crippen molar-refractivity contribution in [2.45, 2.75) is 83.0 Å². The molecule has 0 saturated heterocycles. The minimum Gasteiger partial charge on any atom is -0.508 e. The highest BCUT2D eigenvalue weighted by Crippen LogP contribution is 2.13. The third-order valence-corrected chi connectivity index (χ3v) is 6.71. The molecule has 0 saturated carbocycles. The van der Waals surface area contributed by atoms with E-state index in [1.54, 1.807) is 12.1 Å². The van der Waals surface area contributed by atoms with Gasteiger partial charge in [0, 0.05) is 13.0 Å². The molecule has 0 fully saturated rings. The maximum absolute atomic E-state index is 13.5. The summed E-state index contributed by atoms with van der Waals surface area (Å²) in [7, 11) is 0. The van der Waals surface area contributed by atoms with Gasteiger partial charge in [0.15, 0.2) is 5.96 Å². The van der Waals surface area contributed by atoms with Crippen LogP contribution in [0.1, 0.15) is 57.9 Å². The molecule has 13 N–H and O–H groups in total. The molecule has 0 aliphatic rings. The molecule has 1 aromatic rings. The van der Waals surface area contributed by atoms with Gasteiger partial charge in [-0.2, -0.15) is 0 Å². The molecule has 0 aliphatic carbocycles. The quantitative estimate of drug-likeness (QED) is 0.0551. The number of phenols is 1. The van der Waals surface area contributed by atoms with Gasteiger partial charge in [-0.25, -0.2) is 4.79 Å². The Hall–Kier alpha value is -3.91. The van der Waals surface area contributed by atoms with Crippen molar-refractivity contribution in [3.63, 3.8) is 0 Å². The Morgan fingerprint density at radius 3 is 2.00 bits per heavy atom. The number of aliphatic imine (C=N–C) groups is 1. The average molecular weight is 579 g/mol. The topological polar surface area (TPSA) is 261 Å². The first-order valence-corrected chi connectivity index (χ1v) is 13.8. The summed E-state index contributed by atoms with van der Waals surface area (Å²) in [6, 6.07) is 1.82. The van der Waals surface area contributed by atoms with E-state index < -0.39 is 47.9 Å². The third kappa shape index (κ3) is 13.3. The molecule has 0 aromatic heterocycles. The molecular formula is C27H46N8O6. The summed E-state index contributed by atoms with van der Waals surface area (Å²) in [5, 5.41) is 27.0. The van der Waals surface area contributed by atoms with Crippen LogP contribution in [0, 0.1) is 5.92 Å². The molecule has 230 valence electrons. The van der Waals surface area contributed by atoms with Gasteiger partial charge in [-0.05, 0) is 62.3 Å². The number of carboxylic acids is 1. The van der Waals surface area contributed by atoms with Gasteiger partial charge in [-0.15, -0.1) is 0 Å². The molecule has 1 rings (SSSR count). The molecule has 0 spiro atoms. The molecule has 3 amide bonds. The summed E-state index contributed by atoms with van der Waals surface area (Å²) in [5.41, 5.74) is 23.0. The predicted molar refractivity (Wildman–Crippen MR) is 155 cm³/mol. The van der Waals surface area contributed by atoms with Crippen LogP contribution in [0.5, 0.6) is 5.75 Å². The third-order valence-electron chi connectivity index (χ3n) is 6.71. The Kier molecular flexibility index (Phi) is 15.8. The van der Waals surface area contributed by atoms with E-state index in [0.29, 0.717) is 37.8 Å². The number of nitrogens with one attached hydrogen (secondary N) is 3. The number of hydrogen-bond acceptors (Lipinski definition) is 8. The highest BCUT2D eigenvalue weighted by atomic mass is 16.4. The SMILES string of the molecule is CCC(C)C(N)C(=O)NC(Cc1ccc(O)cc1)C(=O)NC(CCCN=C(N)N)C(=O)NC(CCCCN)C(=O)O. The van der Waals surface area contributed by atoms with Crippen LogP contribution in [0.3, 0.4) is 0 Å². The van der Waals surface area contributed by atoms with Crippen LogP contribution >= 0.6 is 0 Å².